The van der Waals surface area contributed by atoms with Crippen molar-refractivity contribution in [3.8, 4) is 0 Å². The fourth-order valence-electron chi connectivity index (χ4n) is 3.42. The molecule has 1 atom stereocenters. The van der Waals surface area contributed by atoms with Crippen molar-refractivity contribution in [2.75, 3.05) is 13.1 Å². The molecular weight excluding hydrogens is 298 g/mol. The molecular formula is C16H19N3O2S. The molecule has 0 radical (unpaired) electrons. The molecule has 2 aliphatic rings. The zero-order chi connectivity index (χ0) is 15.3. The van der Waals surface area contributed by atoms with Gasteiger partial charge < -0.3 is 9.88 Å². The van der Waals surface area contributed by atoms with Gasteiger partial charge >= 0.3 is 0 Å². The van der Waals surface area contributed by atoms with Crippen LogP contribution in [-0.4, -0.2) is 33.9 Å². The Morgan fingerprint density at radius 3 is 2.95 bits per heavy atom. The SMILES string of the molecule is Cc1csc2nc([C@H]3CC(=O)N(CC4CCC4)C3)[nH]c(=O)c12. The summed E-state index contributed by atoms with van der Waals surface area (Å²) in [4.78, 5) is 34.7. The third-order valence-corrected chi connectivity index (χ3v) is 5.94. The van der Waals surface area contributed by atoms with Gasteiger partial charge in [0, 0.05) is 25.4 Å². The van der Waals surface area contributed by atoms with Crippen LogP contribution >= 0.6 is 11.3 Å². The summed E-state index contributed by atoms with van der Waals surface area (Å²) in [6.45, 7) is 3.49. The summed E-state index contributed by atoms with van der Waals surface area (Å²) >= 11 is 1.50. The summed E-state index contributed by atoms with van der Waals surface area (Å²) in [6.07, 6.45) is 4.23. The van der Waals surface area contributed by atoms with Gasteiger partial charge in [-0.2, -0.15) is 0 Å². The topological polar surface area (TPSA) is 66.1 Å². The lowest BCUT2D eigenvalue weighted by Gasteiger charge is -2.30. The number of likely N-dealkylation sites (tertiary alicyclic amines) is 1. The molecule has 116 valence electrons. The quantitative estimate of drug-likeness (QED) is 0.945. The molecule has 1 amide bonds. The van der Waals surface area contributed by atoms with Crippen LogP contribution in [-0.2, 0) is 4.79 Å². The van der Waals surface area contributed by atoms with Crippen LogP contribution in [0.2, 0.25) is 0 Å². The second-order valence-electron chi connectivity index (χ2n) is 6.55. The Labute approximate surface area is 132 Å². The summed E-state index contributed by atoms with van der Waals surface area (Å²) in [5.41, 5.74) is 0.887. The van der Waals surface area contributed by atoms with Crippen molar-refractivity contribution in [1.82, 2.24) is 14.9 Å². The Hall–Kier alpha value is -1.69. The van der Waals surface area contributed by atoms with Gasteiger partial charge in [-0.05, 0) is 36.6 Å². The predicted octanol–water partition coefficient (Wildman–Crippen LogP) is 2.41. The number of rotatable bonds is 3. The number of aromatic nitrogens is 2. The Morgan fingerprint density at radius 1 is 1.41 bits per heavy atom. The van der Waals surface area contributed by atoms with E-state index in [0.717, 1.165) is 16.9 Å². The molecule has 1 N–H and O–H groups in total. The fourth-order valence-corrected chi connectivity index (χ4v) is 4.35. The van der Waals surface area contributed by atoms with Gasteiger partial charge in [0.25, 0.3) is 5.56 Å². The van der Waals surface area contributed by atoms with Crippen LogP contribution in [0.5, 0.6) is 0 Å². The van der Waals surface area contributed by atoms with Crippen LogP contribution in [0, 0.1) is 12.8 Å². The van der Waals surface area contributed by atoms with Crippen molar-refractivity contribution in [2.45, 2.75) is 38.5 Å². The number of aromatic amines is 1. The number of amides is 1. The Bertz CT molecular complexity index is 790. The van der Waals surface area contributed by atoms with Gasteiger partial charge in [0.2, 0.25) is 5.91 Å². The minimum absolute atomic E-state index is 0.0204. The van der Waals surface area contributed by atoms with E-state index in [-0.39, 0.29) is 17.4 Å². The number of fused-ring (bicyclic) bond motifs is 1. The average molecular weight is 317 g/mol. The third-order valence-electron chi connectivity index (χ3n) is 4.95. The monoisotopic (exact) mass is 317 g/mol. The maximum Gasteiger partial charge on any atom is 0.259 e. The minimum Gasteiger partial charge on any atom is -0.342 e. The lowest BCUT2D eigenvalue weighted by Crippen LogP contribution is -2.33. The second-order valence-corrected chi connectivity index (χ2v) is 7.40. The third kappa shape index (κ3) is 2.26. The van der Waals surface area contributed by atoms with Crippen molar-refractivity contribution in [3.05, 3.63) is 27.1 Å². The number of carbonyl (C=O) groups excluding carboxylic acids is 1. The van der Waals surface area contributed by atoms with Crippen LogP contribution in [0.15, 0.2) is 10.2 Å². The van der Waals surface area contributed by atoms with Gasteiger partial charge in [-0.1, -0.05) is 6.42 Å². The van der Waals surface area contributed by atoms with Crippen LogP contribution in [0.25, 0.3) is 10.2 Å². The number of nitrogens with one attached hydrogen (secondary N) is 1. The molecule has 3 heterocycles. The first-order valence-electron chi connectivity index (χ1n) is 7.87. The largest absolute Gasteiger partial charge is 0.342 e. The average Bonchev–Trinajstić information content (AvgIpc) is 2.98. The fraction of sp³-hybridized carbons (Fsp3) is 0.562. The summed E-state index contributed by atoms with van der Waals surface area (Å²) in [5.74, 6) is 1.56. The lowest BCUT2D eigenvalue weighted by atomic mass is 9.85. The predicted molar refractivity (Wildman–Crippen MR) is 86.3 cm³/mol. The number of hydrogen-bond donors (Lipinski definition) is 1. The van der Waals surface area contributed by atoms with Gasteiger partial charge in [-0.3, -0.25) is 9.59 Å². The van der Waals surface area contributed by atoms with E-state index in [4.69, 9.17) is 0 Å². The number of aryl methyl sites for hydroxylation is 1. The van der Waals surface area contributed by atoms with E-state index >= 15 is 0 Å². The van der Waals surface area contributed by atoms with E-state index in [1.54, 1.807) is 0 Å². The standard InChI is InChI=1S/C16H19N3O2S/c1-9-8-22-16-13(9)15(21)17-14(18-16)11-5-12(20)19(7-11)6-10-3-2-4-10/h8,10-11H,2-7H2,1H3,(H,17,18,21)/t11-/m0/s1. The number of hydrogen-bond acceptors (Lipinski definition) is 4. The van der Waals surface area contributed by atoms with Crippen molar-refractivity contribution in [2.24, 2.45) is 5.92 Å². The summed E-state index contributed by atoms with van der Waals surface area (Å²) in [7, 11) is 0. The van der Waals surface area contributed by atoms with E-state index < -0.39 is 0 Å². The summed E-state index contributed by atoms with van der Waals surface area (Å²) < 4.78 is 0. The summed E-state index contributed by atoms with van der Waals surface area (Å²) in [6, 6.07) is 0. The second kappa shape index (κ2) is 5.19. The van der Waals surface area contributed by atoms with Gasteiger partial charge in [-0.15, -0.1) is 11.3 Å². The molecule has 6 heteroatoms. The Kier molecular flexibility index (Phi) is 3.29. The summed E-state index contributed by atoms with van der Waals surface area (Å²) in [5, 5.41) is 2.64. The van der Waals surface area contributed by atoms with E-state index in [1.165, 1.54) is 30.6 Å². The number of nitrogens with zero attached hydrogens (tertiary/aromatic N) is 2. The van der Waals surface area contributed by atoms with Crippen LogP contribution in [0.1, 0.15) is 43.0 Å². The van der Waals surface area contributed by atoms with Crippen molar-refractivity contribution in [3.63, 3.8) is 0 Å². The highest BCUT2D eigenvalue weighted by Crippen LogP contribution is 2.32. The molecule has 1 aliphatic heterocycles. The number of H-pyrrole nitrogens is 1. The first-order valence-corrected chi connectivity index (χ1v) is 8.75. The Morgan fingerprint density at radius 2 is 2.23 bits per heavy atom. The first-order chi connectivity index (χ1) is 10.6. The van der Waals surface area contributed by atoms with E-state index in [1.807, 2.05) is 17.2 Å². The lowest BCUT2D eigenvalue weighted by molar-refractivity contribution is -0.128. The first kappa shape index (κ1) is 13.9. The highest BCUT2D eigenvalue weighted by atomic mass is 32.1. The number of carbonyl (C=O) groups is 1. The highest BCUT2D eigenvalue weighted by Gasteiger charge is 2.34. The smallest absolute Gasteiger partial charge is 0.259 e. The molecule has 0 aromatic carbocycles. The molecule has 2 aromatic rings. The molecule has 1 saturated heterocycles. The maximum atomic E-state index is 12.2. The minimum atomic E-state index is -0.0800. The van der Waals surface area contributed by atoms with Crippen LogP contribution in [0.3, 0.4) is 0 Å². The van der Waals surface area contributed by atoms with Gasteiger partial charge in [0.15, 0.2) is 0 Å². The normalized spacial score (nSPS) is 22.5. The number of thiophene rings is 1. The van der Waals surface area contributed by atoms with Crippen LogP contribution < -0.4 is 5.56 Å². The van der Waals surface area contributed by atoms with E-state index in [2.05, 4.69) is 9.97 Å². The zero-order valence-electron chi connectivity index (χ0n) is 12.6. The van der Waals surface area contributed by atoms with E-state index in [9.17, 15) is 9.59 Å². The van der Waals surface area contributed by atoms with Gasteiger partial charge in [-0.25, -0.2) is 4.98 Å². The van der Waals surface area contributed by atoms with Crippen LogP contribution in [0.4, 0.5) is 0 Å². The molecule has 4 rings (SSSR count). The Balaban J connectivity index is 1.59. The van der Waals surface area contributed by atoms with Gasteiger partial charge in [0.05, 0.1) is 5.39 Å². The molecule has 5 nitrogen and oxygen atoms in total. The van der Waals surface area contributed by atoms with Crippen molar-refractivity contribution < 1.29 is 4.79 Å². The van der Waals surface area contributed by atoms with Crippen molar-refractivity contribution in [1.29, 1.82) is 0 Å². The molecule has 2 aromatic heterocycles. The van der Waals surface area contributed by atoms with E-state index in [0.29, 0.717) is 30.1 Å². The molecule has 2 fully saturated rings. The van der Waals surface area contributed by atoms with Gasteiger partial charge in [0.1, 0.15) is 10.7 Å². The highest BCUT2D eigenvalue weighted by molar-refractivity contribution is 7.16. The van der Waals surface area contributed by atoms with Crippen molar-refractivity contribution >= 4 is 27.5 Å². The molecule has 1 aliphatic carbocycles. The molecule has 22 heavy (non-hydrogen) atoms. The zero-order valence-corrected chi connectivity index (χ0v) is 13.4. The molecule has 0 spiro atoms. The molecule has 0 bridgehead atoms. The molecule has 0 unspecified atom stereocenters. The maximum absolute atomic E-state index is 12.2. The molecule has 1 saturated carbocycles.